The van der Waals surface area contributed by atoms with E-state index in [1.807, 2.05) is 19.1 Å². The first-order valence-electron chi connectivity index (χ1n) is 10.1. The van der Waals surface area contributed by atoms with E-state index in [0.717, 1.165) is 38.5 Å². The number of carbonyl (C=O) groups excluding carboxylic acids is 1. The molecule has 3 rings (SSSR count). The van der Waals surface area contributed by atoms with E-state index in [-0.39, 0.29) is 11.9 Å². The highest BCUT2D eigenvalue weighted by Crippen LogP contribution is 2.23. The van der Waals surface area contributed by atoms with Crippen LogP contribution < -0.4 is 15.0 Å². The molecule has 5 heteroatoms. The standard InChI is InChI=1S/C21H33N3O2/c1-17(21(25)22-16-18-6-4-3-5-7-18)23-12-14-24(15-13-23)19-8-10-20(26-2)11-9-19/h8-11,17-18H,3-7,12-16H2,1-2H3,(H,22,25)/t17-/m1/s1. The third-order valence-electron chi connectivity index (χ3n) is 5.97. The average Bonchev–Trinajstić information content (AvgIpc) is 2.72. The predicted octanol–water partition coefficient (Wildman–Crippen LogP) is 2.90. The number of hydrogen-bond acceptors (Lipinski definition) is 4. The lowest BCUT2D eigenvalue weighted by atomic mass is 9.89. The number of ether oxygens (including phenoxy) is 1. The molecule has 1 amide bonds. The minimum Gasteiger partial charge on any atom is -0.497 e. The predicted molar refractivity (Wildman–Crippen MR) is 106 cm³/mol. The van der Waals surface area contributed by atoms with Gasteiger partial charge in [-0.25, -0.2) is 0 Å². The smallest absolute Gasteiger partial charge is 0.237 e. The number of carbonyl (C=O) groups is 1. The minimum absolute atomic E-state index is 0.0448. The van der Waals surface area contributed by atoms with Crippen molar-refractivity contribution in [2.24, 2.45) is 5.92 Å². The zero-order valence-electron chi connectivity index (χ0n) is 16.2. The van der Waals surface area contributed by atoms with Crippen LogP contribution in [0.1, 0.15) is 39.0 Å². The van der Waals surface area contributed by atoms with E-state index in [4.69, 9.17) is 4.74 Å². The van der Waals surface area contributed by atoms with Gasteiger partial charge in [-0.2, -0.15) is 0 Å². The lowest BCUT2D eigenvalue weighted by Gasteiger charge is -2.38. The van der Waals surface area contributed by atoms with Crippen molar-refractivity contribution in [1.82, 2.24) is 10.2 Å². The van der Waals surface area contributed by atoms with Crippen molar-refractivity contribution < 1.29 is 9.53 Å². The minimum atomic E-state index is -0.0448. The second-order valence-electron chi connectivity index (χ2n) is 7.65. The van der Waals surface area contributed by atoms with Crippen LogP contribution in [0, 0.1) is 5.92 Å². The Labute approximate surface area is 157 Å². The van der Waals surface area contributed by atoms with Crippen molar-refractivity contribution in [2.45, 2.75) is 45.1 Å². The summed E-state index contributed by atoms with van der Waals surface area (Å²) in [5.74, 6) is 1.76. The van der Waals surface area contributed by atoms with E-state index in [2.05, 4.69) is 27.2 Å². The molecule has 1 heterocycles. The highest BCUT2D eigenvalue weighted by Gasteiger charge is 2.26. The van der Waals surface area contributed by atoms with Gasteiger partial charge in [-0.3, -0.25) is 9.69 Å². The fraction of sp³-hybridized carbons (Fsp3) is 0.667. The van der Waals surface area contributed by atoms with Gasteiger partial charge in [0.25, 0.3) is 0 Å². The quantitative estimate of drug-likeness (QED) is 0.848. The number of benzene rings is 1. The number of hydrogen-bond donors (Lipinski definition) is 1. The number of nitrogens with one attached hydrogen (secondary N) is 1. The van der Waals surface area contributed by atoms with Crippen LogP contribution in [0.4, 0.5) is 5.69 Å². The zero-order valence-corrected chi connectivity index (χ0v) is 16.2. The van der Waals surface area contributed by atoms with Crippen molar-refractivity contribution in [3.05, 3.63) is 24.3 Å². The molecular weight excluding hydrogens is 326 g/mol. The van der Waals surface area contributed by atoms with Gasteiger partial charge in [0.15, 0.2) is 0 Å². The summed E-state index contributed by atoms with van der Waals surface area (Å²) in [7, 11) is 1.69. The number of rotatable bonds is 6. The van der Waals surface area contributed by atoms with Crippen molar-refractivity contribution in [2.75, 3.05) is 44.7 Å². The van der Waals surface area contributed by atoms with Gasteiger partial charge in [-0.05, 0) is 49.9 Å². The monoisotopic (exact) mass is 359 g/mol. The molecule has 1 atom stereocenters. The van der Waals surface area contributed by atoms with Crippen molar-refractivity contribution in [3.8, 4) is 5.75 Å². The Bertz CT molecular complexity index is 561. The van der Waals surface area contributed by atoms with Crippen LogP contribution in [0.15, 0.2) is 24.3 Å². The molecule has 1 aliphatic heterocycles. The first-order chi connectivity index (χ1) is 12.7. The maximum atomic E-state index is 12.5. The summed E-state index contributed by atoms with van der Waals surface area (Å²) in [6.45, 7) is 6.64. The highest BCUT2D eigenvalue weighted by molar-refractivity contribution is 5.81. The molecule has 0 unspecified atom stereocenters. The Balaban J connectivity index is 1.43. The third-order valence-corrected chi connectivity index (χ3v) is 5.97. The van der Waals surface area contributed by atoms with Crippen molar-refractivity contribution >= 4 is 11.6 Å². The number of amides is 1. The van der Waals surface area contributed by atoms with Crippen LogP contribution in [0.3, 0.4) is 0 Å². The number of anilines is 1. The SMILES string of the molecule is COc1ccc(N2CCN([C@H](C)C(=O)NCC3CCCCC3)CC2)cc1. The molecular formula is C21H33N3O2. The molecule has 0 aromatic heterocycles. The summed E-state index contributed by atoms with van der Waals surface area (Å²) in [5.41, 5.74) is 1.22. The van der Waals surface area contributed by atoms with Gasteiger partial charge < -0.3 is 15.0 Å². The van der Waals surface area contributed by atoms with Crippen molar-refractivity contribution in [3.63, 3.8) is 0 Å². The van der Waals surface area contributed by atoms with Gasteiger partial charge in [0.2, 0.25) is 5.91 Å². The van der Waals surface area contributed by atoms with Crippen LogP contribution in [0.5, 0.6) is 5.75 Å². The lowest BCUT2D eigenvalue weighted by Crippen LogP contribution is -2.54. The Morgan fingerprint density at radius 1 is 1.12 bits per heavy atom. The summed E-state index contributed by atoms with van der Waals surface area (Å²) in [6, 6.07) is 8.17. The molecule has 1 aromatic rings. The molecule has 0 bridgehead atoms. The fourth-order valence-electron chi connectivity index (χ4n) is 4.11. The van der Waals surface area contributed by atoms with Gasteiger partial charge in [-0.15, -0.1) is 0 Å². The molecule has 144 valence electrons. The fourth-order valence-corrected chi connectivity index (χ4v) is 4.11. The molecule has 26 heavy (non-hydrogen) atoms. The summed E-state index contributed by atoms with van der Waals surface area (Å²) in [5, 5.41) is 3.20. The first kappa shape index (κ1) is 19.0. The summed E-state index contributed by atoms with van der Waals surface area (Å²) in [6.07, 6.45) is 6.55. The number of nitrogens with zero attached hydrogens (tertiary/aromatic N) is 2. The van der Waals surface area contributed by atoms with Gasteiger partial charge in [0.1, 0.15) is 5.75 Å². The molecule has 0 spiro atoms. The molecule has 1 aromatic carbocycles. The summed E-state index contributed by atoms with van der Waals surface area (Å²) >= 11 is 0. The number of piperazine rings is 1. The Kier molecular flexibility index (Phi) is 6.78. The molecule has 2 fully saturated rings. The van der Waals surface area contributed by atoms with Crippen LogP contribution in [0.2, 0.25) is 0 Å². The molecule has 5 nitrogen and oxygen atoms in total. The molecule has 2 aliphatic rings. The van der Waals surface area contributed by atoms with Crippen molar-refractivity contribution in [1.29, 1.82) is 0 Å². The normalized spacial score (nSPS) is 20.6. The number of methoxy groups -OCH3 is 1. The van der Waals surface area contributed by atoms with E-state index in [1.54, 1.807) is 7.11 Å². The highest BCUT2D eigenvalue weighted by atomic mass is 16.5. The van der Waals surface area contributed by atoms with Gasteiger partial charge >= 0.3 is 0 Å². The largest absolute Gasteiger partial charge is 0.497 e. The Hall–Kier alpha value is -1.75. The Morgan fingerprint density at radius 2 is 1.77 bits per heavy atom. The second-order valence-corrected chi connectivity index (χ2v) is 7.65. The average molecular weight is 360 g/mol. The van der Waals surface area contributed by atoms with Crippen LogP contribution in [0.25, 0.3) is 0 Å². The summed E-state index contributed by atoms with van der Waals surface area (Å²) < 4.78 is 5.23. The van der Waals surface area contributed by atoms with Gasteiger partial charge in [-0.1, -0.05) is 19.3 Å². The first-order valence-corrected chi connectivity index (χ1v) is 10.1. The molecule has 1 N–H and O–H groups in total. The molecule has 1 saturated heterocycles. The van der Waals surface area contributed by atoms with E-state index in [0.29, 0.717) is 5.92 Å². The molecule has 1 saturated carbocycles. The topological polar surface area (TPSA) is 44.8 Å². The Morgan fingerprint density at radius 3 is 2.38 bits per heavy atom. The van der Waals surface area contributed by atoms with E-state index < -0.39 is 0 Å². The van der Waals surface area contributed by atoms with Crippen LogP contribution in [-0.2, 0) is 4.79 Å². The van der Waals surface area contributed by atoms with Gasteiger partial charge in [0.05, 0.1) is 13.2 Å². The molecule has 0 radical (unpaired) electrons. The van der Waals surface area contributed by atoms with Gasteiger partial charge in [0, 0.05) is 38.4 Å². The van der Waals surface area contributed by atoms with E-state index >= 15 is 0 Å². The zero-order chi connectivity index (χ0) is 18.4. The van der Waals surface area contributed by atoms with Crippen LogP contribution in [-0.4, -0.2) is 56.7 Å². The third kappa shape index (κ3) is 4.91. The summed E-state index contributed by atoms with van der Waals surface area (Å²) in [4.78, 5) is 17.2. The maximum absolute atomic E-state index is 12.5. The lowest BCUT2D eigenvalue weighted by molar-refractivity contribution is -0.126. The van der Waals surface area contributed by atoms with E-state index in [1.165, 1.54) is 37.8 Å². The maximum Gasteiger partial charge on any atom is 0.237 e. The van der Waals surface area contributed by atoms with Crippen LogP contribution >= 0.6 is 0 Å². The second kappa shape index (κ2) is 9.26. The van der Waals surface area contributed by atoms with E-state index in [9.17, 15) is 4.79 Å². The molecule has 1 aliphatic carbocycles.